The number of para-hydroxylation sites is 2. The standard InChI is InChI=1S/C47H30N2/c1-2-14-35-30-36(29-28-31(35)12-1)49-44-23-10-9-22-43(44)48-47(49)34-26-24-33(25-27-34)45-39-17-5-7-19-41(39)46(42-20-8-6-18-40(42)45)38-21-11-15-32-13-3-4-16-37(32)38/h1-30H/i5D,6D,7D,8D,17D,18D,19D,20D. The topological polar surface area (TPSA) is 17.8 Å². The van der Waals surface area contributed by atoms with Crippen LogP contribution in [-0.4, -0.2) is 9.55 Å². The third-order valence-corrected chi connectivity index (χ3v) is 9.42. The quantitative estimate of drug-likeness (QED) is 0.177. The molecule has 0 saturated heterocycles. The Morgan fingerprint density at radius 3 is 1.80 bits per heavy atom. The molecule has 9 aromatic carbocycles. The maximum atomic E-state index is 9.36. The van der Waals surface area contributed by atoms with Gasteiger partial charge in [-0.1, -0.05) is 158 Å². The van der Waals surface area contributed by atoms with E-state index in [2.05, 4.69) is 34.9 Å². The Labute approximate surface area is 295 Å². The van der Waals surface area contributed by atoms with E-state index in [9.17, 15) is 5.48 Å². The fraction of sp³-hybridized carbons (Fsp3) is 0. The van der Waals surface area contributed by atoms with E-state index in [1.807, 2.05) is 103 Å². The zero-order valence-electron chi connectivity index (χ0n) is 34.1. The van der Waals surface area contributed by atoms with Crippen molar-refractivity contribution in [1.29, 1.82) is 0 Å². The molecule has 0 N–H and O–H groups in total. The molecule has 228 valence electrons. The smallest absolute Gasteiger partial charge is 0.145 e. The summed E-state index contributed by atoms with van der Waals surface area (Å²) >= 11 is 0. The van der Waals surface area contributed by atoms with Crippen molar-refractivity contribution in [2.45, 2.75) is 0 Å². The summed E-state index contributed by atoms with van der Waals surface area (Å²) in [6.07, 6.45) is 0. The molecular formula is C47H30N2. The van der Waals surface area contributed by atoms with Gasteiger partial charge in [-0.2, -0.15) is 0 Å². The molecule has 0 unspecified atom stereocenters. The highest BCUT2D eigenvalue weighted by atomic mass is 15.1. The van der Waals surface area contributed by atoms with Crippen LogP contribution in [0.2, 0.25) is 0 Å². The summed E-state index contributed by atoms with van der Waals surface area (Å²) in [5.41, 5.74) is 5.24. The molecule has 0 fully saturated rings. The van der Waals surface area contributed by atoms with Gasteiger partial charge in [0, 0.05) is 11.3 Å². The number of hydrogen-bond acceptors (Lipinski definition) is 1. The minimum absolute atomic E-state index is 0.178. The van der Waals surface area contributed by atoms with Crippen molar-refractivity contribution in [2.24, 2.45) is 0 Å². The van der Waals surface area contributed by atoms with Gasteiger partial charge >= 0.3 is 0 Å². The maximum absolute atomic E-state index is 9.36. The Morgan fingerprint density at radius 2 is 1.04 bits per heavy atom. The van der Waals surface area contributed by atoms with Crippen molar-refractivity contribution in [3.63, 3.8) is 0 Å². The van der Waals surface area contributed by atoms with Crippen LogP contribution in [0.15, 0.2) is 182 Å². The fourth-order valence-corrected chi connectivity index (χ4v) is 7.21. The van der Waals surface area contributed by atoms with Crippen molar-refractivity contribution in [3.8, 4) is 39.3 Å². The lowest BCUT2D eigenvalue weighted by Gasteiger charge is -2.19. The van der Waals surface area contributed by atoms with Gasteiger partial charge in [-0.05, 0) is 89.6 Å². The van der Waals surface area contributed by atoms with Crippen molar-refractivity contribution in [3.05, 3.63) is 182 Å². The van der Waals surface area contributed by atoms with Gasteiger partial charge in [0.05, 0.1) is 22.0 Å². The average Bonchev–Trinajstić information content (AvgIpc) is 3.64. The van der Waals surface area contributed by atoms with Gasteiger partial charge in [0.2, 0.25) is 0 Å². The van der Waals surface area contributed by atoms with E-state index >= 15 is 0 Å². The van der Waals surface area contributed by atoms with Gasteiger partial charge in [-0.25, -0.2) is 4.98 Å². The third-order valence-electron chi connectivity index (χ3n) is 9.42. The Morgan fingerprint density at radius 1 is 0.449 bits per heavy atom. The molecule has 49 heavy (non-hydrogen) atoms. The van der Waals surface area contributed by atoms with E-state index in [-0.39, 0.29) is 45.7 Å². The summed E-state index contributed by atoms with van der Waals surface area (Å²) < 4.78 is 74.7. The molecular weight excluding hydrogens is 593 g/mol. The molecule has 10 aromatic rings. The predicted octanol–water partition coefficient (Wildman–Crippen LogP) is 12.6. The molecule has 10 rings (SSSR count). The molecule has 0 saturated carbocycles. The molecule has 0 aliphatic heterocycles. The number of hydrogen-bond donors (Lipinski definition) is 0. The number of benzene rings is 9. The summed E-state index contributed by atoms with van der Waals surface area (Å²) in [5.74, 6) is 0.697. The largest absolute Gasteiger partial charge is 0.292 e. The minimum atomic E-state index is -0.432. The average molecular weight is 631 g/mol. The molecule has 0 amide bonds. The second-order valence-electron chi connectivity index (χ2n) is 12.1. The van der Waals surface area contributed by atoms with Crippen molar-refractivity contribution < 1.29 is 11.0 Å². The number of rotatable bonds is 4. The molecule has 0 bridgehead atoms. The second-order valence-corrected chi connectivity index (χ2v) is 12.1. The minimum Gasteiger partial charge on any atom is -0.292 e. The van der Waals surface area contributed by atoms with Gasteiger partial charge in [0.15, 0.2) is 0 Å². The summed E-state index contributed by atoms with van der Waals surface area (Å²) in [6, 6.07) is 40.3. The van der Waals surface area contributed by atoms with Crippen LogP contribution < -0.4 is 0 Å². The first-order valence-corrected chi connectivity index (χ1v) is 16.2. The molecule has 1 aromatic heterocycles. The summed E-state index contributed by atoms with van der Waals surface area (Å²) in [4.78, 5) is 5.07. The van der Waals surface area contributed by atoms with Crippen LogP contribution in [0.3, 0.4) is 0 Å². The highest BCUT2D eigenvalue weighted by Gasteiger charge is 2.19. The summed E-state index contributed by atoms with van der Waals surface area (Å²) in [6.45, 7) is 0. The first-order chi connectivity index (χ1) is 27.6. The molecule has 0 aliphatic carbocycles. The van der Waals surface area contributed by atoms with Gasteiger partial charge < -0.3 is 0 Å². The summed E-state index contributed by atoms with van der Waals surface area (Å²) in [5, 5.41) is 4.61. The Bertz CT molecular complexity index is 3250. The normalized spacial score (nSPS) is 14.0. The zero-order chi connectivity index (χ0) is 39.3. The van der Waals surface area contributed by atoms with Crippen LogP contribution in [0.4, 0.5) is 0 Å². The van der Waals surface area contributed by atoms with Crippen molar-refractivity contribution in [1.82, 2.24) is 9.55 Å². The van der Waals surface area contributed by atoms with E-state index < -0.39 is 24.2 Å². The monoisotopic (exact) mass is 630 g/mol. The molecule has 2 heteroatoms. The molecule has 0 radical (unpaired) electrons. The van der Waals surface area contributed by atoms with Crippen LogP contribution in [0.1, 0.15) is 11.0 Å². The highest BCUT2D eigenvalue weighted by Crippen LogP contribution is 2.45. The van der Waals surface area contributed by atoms with Crippen LogP contribution in [-0.2, 0) is 0 Å². The molecule has 0 spiro atoms. The van der Waals surface area contributed by atoms with Crippen LogP contribution >= 0.6 is 0 Å². The molecule has 2 nitrogen and oxygen atoms in total. The van der Waals surface area contributed by atoms with Gasteiger partial charge in [0.25, 0.3) is 0 Å². The van der Waals surface area contributed by atoms with Gasteiger partial charge in [0.1, 0.15) is 5.82 Å². The lowest BCUT2D eigenvalue weighted by molar-refractivity contribution is 1.11. The first kappa shape index (κ1) is 20.7. The van der Waals surface area contributed by atoms with Crippen LogP contribution in [0, 0.1) is 0 Å². The number of nitrogens with zero attached hydrogens (tertiary/aromatic N) is 2. The van der Waals surface area contributed by atoms with Crippen LogP contribution in [0.25, 0.3) is 93.5 Å². The van der Waals surface area contributed by atoms with Crippen molar-refractivity contribution in [2.75, 3.05) is 0 Å². The maximum Gasteiger partial charge on any atom is 0.145 e. The van der Waals surface area contributed by atoms with Gasteiger partial charge in [-0.3, -0.25) is 4.57 Å². The summed E-state index contributed by atoms with van der Waals surface area (Å²) in [7, 11) is 0. The Balaban J connectivity index is 1.29. The predicted molar refractivity (Wildman–Crippen MR) is 207 cm³/mol. The SMILES string of the molecule is [2H]c1c([2H])c([2H])c2c(-c3cccc4ccccc34)c3c([2H])c([2H])c([2H])c([2H])c3c(-c3ccc(-c4nc5ccccc5n4-c4ccc5ccccc5c4)cc3)c2c1[2H]. The molecule has 0 atom stereocenters. The third kappa shape index (κ3) is 4.38. The molecule has 1 heterocycles. The van der Waals surface area contributed by atoms with Crippen molar-refractivity contribution >= 4 is 54.1 Å². The van der Waals surface area contributed by atoms with E-state index in [1.165, 1.54) is 0 Å². The first-order valence-electron chi connectivity index (χ1n) is 20.2. The van der Waals surface area contributed by atoms with E-state index in [0.29, 0.717) is 28.1 Å². The van der Waals surface area contributed by atoms with E-state index in [0.717, 1.165) is 43.8 Å². The number of aromatic nitrogens is 2. The van der Waals surface area contributed by atoms with E-state index in [4.69, 9.17) is 10.5 Å². The Hall–Kier alpha value is -6.51. The molecule has 0 aliphatic rings. The lowest BCUT2D eigenvalue weighted by Crippen LogP contribution is -1.98. The lowest BCUT2D eigenvalue weighted by atomic mass is 9.84. The number of fused-ring (bicyclic) bond motifs is 5. The highest BCUT2D eigenvalue weighted by molar-refractivity contribution is 6.23. The Kier molecular flexibility index (Phi) is 4.66. The second kappa shape index (κ2) is 11.0. The fourth-order valence-electron chi connectivity index (χ4n) is 7.21. The van der Waals surface area contributed by atoms with Crippen LogP contribution in [0.5, 0.6) is 0 Å². The van der Waals surface area contributed by atoms with E-state index in [1.54, 1.807) is 0 Å². The van der Waals surface area contributed by atoms with Gasteiger partial charge in [-0.15, -0.1) is 0 Å². The number of imidazole rings is 1. The zero-order valence-corrected chi connectivity index (χ0v) is 26.1.